The molecule has 0 saturated heterocycles. The van der Waals surface area contributed by atoms with Gasteiger partial charge >= 0.3 is 5.17 Å². The molecule has 0 radical (unpaired) electrons. The molecule has 26 heavy (non-hydrogen) atoms. The second-order valence-corrected chi connectivity index (χ2v) is 7.90. The van der Waals surface area contributed by atoms with Crippen LogP contribution in [0.25, 0.3) is 0 Å². The average molecular weight is 370 g/mol. The quantitative estimate of drug-likeness (QED) is 0.375. The number of hydrogen-bond donors (Lipinski definition) is 2. The zero-order chi connectivity index (χ0) is 18.6. The largest absolute Gasteiger partial charge is 0.305 e. The smallest absolute Gasteiger partial charge is 0.262 e. The Morgan fingerprint density at radius 3 is 2.12 bits per heavy atom. The number of benzene rings is 2. The number of hydrogen-bond acceptors (Lipinski definition) is 1. The van der Waals surface area contributed by atoms with Crippen LogP contribution in [0.4, 0.5) is 0 Å². The lowest BCUT2D eigenvalue weighted by Crippen LogP contribution is -2.76. The number of unbranched alkanes of at least 4 members (excludes halogenated alkanes) is 3. The molecule has 0 heterocycles. The zero-order valence-corrected chi connectivity index (χ0v) is 17.2. The summed E-state index contributed by atoms with van der Waals surface area (Å²) in [5.74, 6) is 1.15. The van der Waals surface area contributed by atoms with Gasteiger partial charge in [-0.15, -0.1) is 0 Å². The van der Waals surface area contributed by atoms with Crippen LogP contribution in [-0.2, 0) is 0 Å². The highest BCUT2D eigenvalue weighted by molar-refractivity contribution is 8.13. The summed E-state index contributed by atoms with van der Waals surface area (Å²) in [4.78, 5) is 3.69. The molecule has 2 nitrogen and oxygen atoms in total. The standard InChI is InChI=1S/C23H32N2S/c1-4-5-6-13-18-26-23(24-19(2)21-14-9-7-10-15-21)25-20(3)22-16-11-8-12-17-22/h7-12,14-17,19-20H,4-6,13,18H2,1-3H3,(H,24,25)/p+1/t19-,20-/m0/s1. The molecule has 2 rings (SSSR count). The van der Waals surface area contributed by atoms with Crippen LogP contribution in [0.3, 0.4) is 0 Å². The molecule has 0 aliphatic carbocycles. The molecule has 0 fully saturated rings. The summed E-state index contributed by atoms with van der Waals surface area (Å²) in [6.45, 7) is 6.71. The van der Waals surface area contributed by atoms with Gasteiger partial charge in [-0.3, -0.25) is 10.3 Å². The maximum atomic E-state index is 3.69. The first-order chi connectivity index (χ1) is 12.7. The van der Waals surface area contributed by atoms with Crippen LogP contribution in [0, 0.1) is 0 Å². The second-order valence-electron chi connectivity index (χ2n) is 6.79. The Bertz CT molecular complexity index is 640. The minimum atomic E-state index is 0.282. The van der Waals surface area contributed by atoms with E-state index in [2.05, 4.69) is 91.7 Å². The number of amidine groups is 1. The molecular formula is C23H33N2S+. The molecule has 140 valence electrons. The van der Waals surface area contributed by atoms with E-state index in [4.69, 9.17) is 0 Å². The molecule has 0 spiro atoms. The minimum Gasteiger partial charge on any atom is -0.262 e. The third-order valence-corrected chi connectivity index (χ3v) is 5.56. The lowest BCUT2D eigenvalue weighted by Gasteiger charge is -2.13. The SMILES string of the molecule is CCCCCCSC(N[C@@H](C)c1ccccc1)=[NH+][C@@H](C)c1ccccc1. The zero-order valence-electron chi connectivity index (χ0n) is 16.4. The van der Waals surface area contributed by atoms with Crippen LogP contribution < -0.4 is 10.3 Å². The Morgan fingerprint density at radius 1 is 0.885 bits per heavy atom. The van der Waals surface area contributed by atoms with E-state index in [1.54, 1.807) is 0 Å². The molecule has 0 bridgehead atoms. The van der Waals surface area contributed by atoms with E-state index in [1.807, 2.05) is 11.8 Å². The lowest BCUT2D eigenvalue weighted by atomic mass is 10.1. The molecule has 2 aromatic rings. The van der Waals surface area contributed by atoms with E-state index < -0.39 is 0 Å². The van der Waals surface area contributed by atoms with Gasteiger partial charge in [-0.25, -0.2) is 0 Å². The highest BCUT2D eigenvalue weighted by atomic mass is 32.2. The van der Waals surface area contributed by atoms with E-state index in [0.717, 1.165) is 5.75 Å². The van der Waals surface area contributed by atoms with Gasteiger partial charge in [0, 0.05) is 5.75 Å². The van der Waals surface area contributed by atoms with Gasteiger partial charge in [-0.2, -0.15) is 0 Å². The summed E-state index contributed by atoms with van der Waals surface area (Å²) in [6, 6.07) is 21.8. The predicted octanol–water partition coefficient (Wildman–Crippen LogP) is 4.85. The third-order valence-electron chi connectivity index (χ3n) is 4.54. The van der Waals surface area contributed by atoms with Crippen LogP contribution in [0.1, 0.15) is 69.7 Å². The highest BCUT2D eigenvalue weighted by Gasteiger charge is 2.16. The van der Waals surface area contributed by atoms with Crippen molar-refractivity contribution >= 4 is 16.9 Å². The predicted molar refractivity (Wildman–Crippen MR) is 115 cm³/mol. The fourth-order valence-corrected chi connectivity index (χ4v) is 3.94. The monoisotopic (exact) mass is 369 g/mol. The van der Waals surface area contributed by atoms with Crippen LogP contribution in [-0.4, -0.2) is 10.9 Å². The topological polar surface area (TPSA) is 26.0 Å². The van der Waals surface area contributed by atoms with Crippen LogP contribution in [0.5, 0.6) is 0 Å². The summed E-state index contributed by atoms with van der Waals surface area (Å²) in [5, 5.41) is 4.87. The summed E-state index contributed by atoms with van der Waals surface area (Å²) in [6.07, 6.45) is 5.20. The summed E-state index contributed by atoms with van der Waals surface area (Å²) < 4.78 is 0. The van der Waals surface area contributed by atoms with Gasteiger partial charge in [-0.1, -0.05) is 86.8 Å². The normalized spacial score (nSPS) is 14.0. The van der Waals surface area contributed by atoms with Gasteiger partial charge in [-0.05, 0) is 43.2 Å². The van der Waals surface area contributed by atoms with Crippen molar-refractivity contribution in [1.82, 2.24) is 5.32 Å². The molecule has 2 N–H and O–H groups in total. The number of thioether (sulfide) groups is 1. The molecule has 3 heteroatoms. The molecule has 0 aliphatic heterocycles. The first-order valence-corrected chi connectivity index (χ1v) is 10.8. The van der Waals surface area contributed by atoms with Gasteiger partial charge in [0.05, 0.1) is 0 Å². The highest BCUT2D eigenvalue weighted by Crippen LogP contribution is 2.14. The molecule has 0 aromatic heterocycles. The molecule has 0 amide bonds. The van der Waals surface area contributed by atoms with Crippen LogP contribution >= 0.6 is 11.8 Å². The molecule has 2 aromatic carbocycles. The molecule has 0 unspecified atom stereocenters. The van der Waals surface area contributed by atoms with Gasteiger partial charge in [0.1, 0.15) is 12.1 Å². The Morgan fingerprint density at radius 2 is 1.50 bits per heavy atom. The maximum absolute atomic E-state index is 3.69. The van der Waals surface area contributed by atoms with Crippen molar-refractivity contribution in [2.24, 2.45) is 0 Å². The summed E-state index contributed by atoms with van der Waals surface area (Å²) in [5.41, 5.74) is 2.62. The first-order valence-electron chi connectivity index (χ1n) is 9.83. The van der Waals surface area contributed by atoms with Crippen molar-refractivity contribution in [3.63, 3.8) is 0 Å². The molecule has 0 saturated carbocycles. The van der Waals surface area contributed by atoms with Gasteiger partial charge in [0.25, 0.3) is 0 Å². The van der Waals surface area contributed by atoms with Crippen LogP contribution in [0.2, 0.25) is 0 Å². The minimum absolute atomic E-state index is 0.282. The maximum Gasteiger partial charge on any atom is 0.305 e. The first kappa shape index (κ1) is 20.6. The average Bonchev–Trinajstić information content (AvgIpc) is 2.69. The van der Waals surface area contributed by atoms with Crippen molar-refractivity contribution in [2.45, 2.75) is 58.5 Å². The molecule has 0 aliphatic rings. The van der Waals surface area contributed by atoms with E-state index >= 15 is 0 Å². The van der Waals surface area contributed by atoms with Crippen molar-refractivity contribution in [2.75, 3.05) is 5.75 Å². The molecule has 2 atom stereocenters. The van der Waals surface area contributed by atoms with E-state index in [1.165, 1.54) is 42.0 Å². The Labute approximate surface area is 163 Å². The van der Waals surface area contributed by atoms with Crippen molar-refractivity contribution in [1.29, 1.82) is 0 Å². The lowest BCUT2D eigenvalue weighted by molar-refractivity contribution is -0.504. The number of rotatable bonds is 9. The Balaban J connectivity index is 2.04. The fourth-order valence-electron chi connectivity index (χ4n) is 2.87. The van der Waals surface area contributed by atoms with Gasteiger partial charge < -0.3 is 0 Å². The second kappa shape index (κ2) is 11.8. The van der Waals surface area contributed by atoms with Crippen molar-refractivity contribution in [3.05, 3.63) is 71.8 Å². The number of nitrogens with one attached hydrogen (secondary N) is 2. The summed E-state index contributed by atoms with van der Waals surface area (Å²) in [7, 11) is 0. The van der Waals surface area contributed by atoms with E-state index in [-0.39, 0.29) is 12.1 Å². The molecular weight excluding hydrogens is 336 g/mol. The van der Waals surface area contributed by atoms with E-state index in [9.17, 15) is 0 Å². The van der Waals surface area contributed by atoms with Gasteiger partial charge in [0.2, 0.25) is 0 Å². The van der Waals surface area contributed by atoms with Crippen LogP contribution in [0.15, 0.2) is 60.7 Å². The van der Waals surface area contributed by atoms with Crippen molar-refractivity contribution in [3.8, 4) is 0 Å². The Kier molecular flexibility index (Phi) is 9.33. The van der Waals surface area contributed by atoms with E-state index in [0.29, 0.717) is 0 Å². The Hall–Kier alpha value is -1.74. The van der Waals surface area contributed by atoms with Crippen molar-refractivity contribution < 1.29 is 4.99 Å². The fraction of sp³-hybridized carbons (Fsp3) is 0.435. The summed E-state index contributed by atoms with van der Waals surface area (Å²) >= 11 is 1.91. The third kappa shape index (κ3) is 7.25. The van der Waals surface area contributed by atoms with Gasteiger partial charge in [0.15, 0.2) is 0 Å².